The zero-order valence-electron chi connectivity index (χ0n) is 15.2. The summed E-state index contributed by atoms with van der Waals surface area (Å²) in [5.41, 5.74) is 2.51. The maximum atomic E-state index is 10.2. The van der Waals surface area contributed by atoms with Crippen molar-refractivity contribution in [1.82, 2.24) is 14.5 Å². The molecule has 0 aliphatic carbocycles. The molecule has 3 heterocycles. The predicted octanol–water partition coefficient (Wildman–Crippen LogP) is 1.46. The van der Waals surface area contributed by atoms with E-state index in [4.69, 9.17) is 14.5 Å². The van der Waals surface area contributed by atoms with Gasteiger partial charge in [0, 0.05) is 51.3 Å². The quantitative estimate of drug-likeness (QED) is 0.816. The van der Waals surface area contributed by atoms with Gasteiger partial charge in [-0.15, -0.1) is 0 Å². The number of fused-ring (bicyclic) bond motifs is 1. The second-order valence-electron chi connectivity index (χ2n) is 7.39. The molecule has 0 aromatic carbocycles. The molecule has 0 spiro atoms. The molecule has 2 aliphatic heterocycles. The third kappa shape index (κ3) is 4.17. The molecular formula is C18H31N3O3. The number of aliphatic hydroxyl groups is 1. The topological polar surface area (TPSA) is 59.8 Å². The molecular weight excluding hydrogens is 306 g/mol. The van der Waals surface area contributed by atoms with Crippen LogP contribution < -0.4 is 0 Å². The molecule has 1 aromatic rings. The van der Waals surface area contributed by atoms with Crippen molar-refractivity contribution < 1.29 is 14.6 Å². The van der Waals surface area contributed by atoms with Crippen LogP contribution in [0.2, 0.25) is 0 Å². The maximum absolute atomic E-state index is 10.2. The van der Waals surface area contributed by atoms with Crippen LogP contribution in [-0.2, 0) is 29.5 Å². The first-order chi connectivity index (χ1) is 11.5. The minimum atomic E-state index is -0.457. The number of rotatable bonds is 7. The van der Waals surface area contributed by atoms with Crippen molar-refractivity contribution >= 4 is 0 Å². The lowest BCUT2D eigenvalue weighted by Crippen LogP contribution is -2.39. The Morgan fingerprint density at radius 3 is 2.96 bits per heavy atom. The summed E-state index contributed by atoms with van der Waals surface area (Å²) in [7, 11) is 2.12. The van der Waals surface area contributed by atoms with Gasteiger partial charge in [-0.05, 0) is 12.8 Å². The highest BCUT2D eigenvalue weighted by Gasteiger charge is 2.25. The Labute approximate surface area is 144 Å². The number of imidazole rings is 1. The lowest BCUT2D eigenvalue weighted by atomic mass is 10.1. The summed E-state index contributed by atoms with van der Waals surface area (Å²) in [5, 5.41) is 10.2. The zero-order chi connectivity index (χ0) is 17.1. The molecule has 0 amide bonds. The molecule has 24 heavy (non-hydrogen) atoms. The van der Waals surface area contributed by atoms with Gasteiger partial charge in [-0.25, -0.2) is 4.98 Å². The highest BCUT2D eigenvalue weighted by atomic mass is 16.5. The fraction of sp³-hybridized carbons (Fsp3) is 0.833. The van der Waals surface area contributed by atoms with Gasteiger partial charge < -0.3 is 19.1 Å². The van der Waals surface area contributed by atoms with Crippen molar-refractivity contribution in [2.24, 2.45) is 7.05 Å². The van der Waals surface area contributed by atoms with Gasteiger partial charge >= 0.3 is 0 Å². The van der Waals surface area contributed by atoms with Crippen LogP contribution >= 0.6 is 0 Å². The van der Waals surface area contributed by atoms with Crippen molar-refractivity contribution in [2.75, 3.05) is 32.9 Å². The van der Waals surface area contributed by atoms with Gasteiger partial charge in [0.05, 0.1) is 31.1 Å². The molecule has 0 bridgehead atoms. The summed E-state index contributed by atoms with van der Waals surface area (Å²) >= 11 is 0. The summed E-state index contributed by atoms with van der Waals surface area (Å²) in [4.78, 5) is 7.09. The summed E-state index contributed by atoms with van der Waals surface area (Å²) in [6, 6.07) is 0. The number of aromatic nitrogens is 2. The Morgan fingerprint density at radius 2 is 2.25 bits per heavy atom. The van der Waals surface area contributed by atoms with Crippen molar-refractivity contribution in [2.45, 2.75) is 57.8 Å². The summed E-state index contributed by atoms with van der Waals surface area (Å²) in [6.07, 6.45) is 2.95. The van der Waals surface area contributed by atoms with E-state index < -0.39 is 6.10 Å². The molecule has 0 radical (unpaired) electrons. The average molecular weight is 337 g/mol. The predicted molar refractivity (Wildman–Crippen MR) is 92.1 cm³/mol. The Morgan fingerprint density at radius 1 is 1.42 bits per heavy atom. The van der Waals surface area contributed by atoms with Crippen LogP contribution in [0.1, 0.15) is 49.8 Å². The molecule has 0 saturated carbocycles. The van der Waals surface area contributed by atoms with Crippen LogP contribution in [0.4, 0.5) is 0 Å². The molecule has 1 aromatic heterocycles. The van der Waals surface area contributed by atoms with E-state index in [0.717, 1.165) is 44.8 Å². The van der Waals surface area contributed by atoms with Gasteiger partial charge in [0.2, 0.25) is 0 Å². The Balaban J connectivity index is 1.45. The Bertz CT molecular complexity index is 538. The van der Waals surface area contributed by atoms with Crippen LogP contribution in [0.15, 0.2) is 0 Å². The van der Waals surface area contributed by atoms with E-state index >= 15 is 0 Å². The monoisotopic (exact) mass is 337 g/mol. The Hall–Kier alpha value is -0.950. The van der Waals surface area contributed by atoms with Crippen molar-refractivity contribution in [3.8, 4) is 0 Å². The van der Waals surface area contributed by atoms with Crippen LogP contribution in [0.3, 0.4) is 0 Å². The fourth-order valence-corrected chi connectivity index (χ4v) is 3.74. The number of nitrogens with zero attached hydrogens (tertiary/aromatic N) is 3. The normalized spacial score (nSPS) is 23.0. The lowest BCUT2D eigenvalue weighted by molar-refractivity contribution is -0.0262. The Kier molecular flexibility index (Phi) is 5.92. The minimum absolute atomic E-state index is 0.220. The van der Waals surface area contributed by atoms with E-state index in [2.05, 4.69) is 30.4 Å². The summed E-state index contributed by atoms with van der Waals surface area (Å²) in [6.45, 7) is 8.60. The summed E-state index contributed by atoms with van der Waals surface area (Å²) < 4.78 is 13.4. The van der Waals surface area contributed by atoms with Crippen LogP contribution in [0.25, 0.3) is 0 Å². The van der Waals surface area contributed by atoms with Crippen LogP contribution in [-0.4, -0.2) is 64.7 Å². The fourth-order valence-electron chi connectivity index (χ4n) is 3.74. The lowest BCUT2D eigenvalue weighted by Gasteiger charge is -2.28. The molecule has 6 heteroatoms. The van der Waals surface area contributed by atoms with Gasteiger partial charge in [-0.3, -0.25) is 4.90 Å². The van der Waals surface area contributed by atoms with Crippen molar-refractivity contribution in [3.05, 3.63) is 17.2 Å². The molecule has 6 nitrogen and oxygen atoms in total. The molecule has 1 fully saturated rings. The first-order valence-corrected chi connectivity index (χ1v) is 9.18. The molecule has 2 aliphatic rings. The zero-order valence-corrected chi connectivity index (χ0v) is 15.2. The van der Waals surface area contributed by atoms with Crippen molar-refractivity contribution in [1.29, 1.82) is 0 Å². The van der Waals surface area contributed by atoms with Gasteiger partial charge in [-0.2, -0.15) is 0 Å². The average Bonchev–Trinajstić information content (AvgIpc) is 3.15. The first-order valence-electron chi connectivity index (χ1n) is 9.18. The highest BCUT2D eigenvalue weighted by molar-refractivity contribution is 5.21. The van der Waals surface area contributed by atoms with E-state index in [0.29, 0.717) is 25.7 Å². The van der Waals surface area contributed by atoms with Gasteiger partial charge in [0.25, 0.3) is 0 Å². The van der Waals surface area contributed by atoms with Crippen LogP contribution in [0.5, 0.6) is 0 Å². The standard InChI is InChI=1S/C18H31N3O3/c1-13(2)18-19-16-10-21(7-6-17(16)20(18)3)9-14(22)11-23-12-15-5-4-8-24-15/h13-15,22H,4-12H2,1-3H3/t14-,15+/m0/s1. The van der Waals surface area contributed by atoms with E-state index in [1.54, 1.807) is 0 Å². The number of β-amino-alcohol motifs (C(OH)–C–C–N with tert-alkyl or cyclic N) is 1. The van der Waals surface area contributed by atoms with E-state index in [1.165, 1.54) is 11.4 Å². The van der Waals surface area contributed by atoms with Crippen molar-refractivity contribution in [3.63, 3.8) is 0 Å². The third-order valence-corrected chi connectivity index (χ3v) is 4.99. The SMILES string of the molecule is CC(C)c1nc2c(n1C)CCN(C[C@H](O)COC[C@H]1CCCO1)C2. The van der Waals surface area contributed by atoms with E-state index in [-0.39, 0.29) is 6.10 Å². The second kappa shape index (κ2) is 7.95. The van der Waals surface area contributed by atoms with E-state index in [9.17, 15) is 5.11 Å². The molecule has 0 unspecified atom stereocenters. The van der Waals surface area contributed by atoms with E-state index in [1.807, 2.05) is 0 Å². The molecule has 1 saturated heterocycles. The van der Waals surface area contributed by atoms with Gasteiger partial charge in [0.15, 0.2) is 0 Å². The second-order valence-corrected chi connectivity index (χ2v) is 7.39. The van der Waals surface area contributed by atoms with Gasteiger partial charge in [-0.1, -0.05) is 13.8 Å². The highest BCUT2D eigenvalue weighted by Crippen LogP contribution is 2.23. The number of aliphatic hydroxyl groups excluding tert-OH is 1. The van der Waals surface area contributed by atoms with Gasteiger partial charge in [0.1, 0.15) is 5.82 Å². The van der Waals surface area contributed by atoms with Crippen LogP contribution in [0, 0.1) is 0 Å². The maximum Gasteiger partial charge on any atom is 0.111 e. The molecule has 3 rings (SSSR count). The smallest absolute Gasteiger partial charge is 0.111 e. The third-order valence-electron chi connectivity index (χ3n) is 4.99. The molecule has 1 N–H and O–H groups in total. The largest absolute Gasteiger partial charge is 0.389 e. The number of ether oxygens (including phenoxy) is 2. The first kappa shape index (κ1) is 17.9. The minimum Gasteiger partial charge on any atom is -0.389 e. The summed E-state index contributed by atoms with van der Waals surface area (Å²) in [5.74, 6) is 1.59. The number of hydrogen-bond donors (Lipinski definition) is 1. The molecule has 2 atom stereocenters. The molecule has 136 valence electrons. The number of hydrogen-bond acceptors (Lipinski definition) is 5.